The molecule has 1 aromatic rings. The van der Waals surface area contributed by atoms with Gasteiger partial charge in [-0.05, 0) is 50.3 Å². The van der Waals surface area contributed by atoms with Gasteiger partial charge in [0.15, 0.2) is 0 Å². The first-order valence-corrected chi connectivity index (χ1v) is 6.03. The number of fused-ring (bicyclic) bond motifs is 1. The molecule has 2 atom stereocenters. The Morgan fingerprint density at radius 1 is 1.47 bits per heavy atom. The molecular formula is C14H21N. The quantitative estimate of drug-likeness (QED) is 0.796. The summed E-state index contributed by atoms with van der Waals surface area (Å²) in [5.74, 6) is 0.731. The summed E-state index contributed by atoms with van der Waals surface area (Å²) in [5, 5.41) is 3.45. The predicted octanol–water partition coefficient (Wildman–Crippen LogP) is 3.02. The maximum Gasteiger partial charge on any atom is 0.0130 e. The molecular weight excluding hydrogens is 182 g/mol. The Morgan fingerprint density at radius 3 is 2.93 bits per heavy atom. The summed E-state index contributed by atoms with van der Waals surface area (Å²) in [6.45, 7) is 4.46. The third-order valence-electron chi connectivity index (χ3n) is 3.72. The summed E-state index contributed by atoms with van der Waals surface area (Å²) in [7, 11) is 2.09. The molecule has 2 rings (SSSR count). The van der Waals surface area contributed by atoms with Crippen molar-refractivity contribution in [2.45, 2.75) is 45.1 Å². The number of benzene rings is 1. The van der Waals surface area contributed by atoms with Crippen molar-refractivity contribution in [3.8, 4) is 0 Å². The van der Waals surface area contributed by atoms with Gasteiger partial charge >= 0.3 is 0 Å². The summed E-state index contributed by atoms with van der Waals surface area (Å²) < 4.78 is 0. The molecule has 0 saturated carbocycles. The van der Waals surface area contributed by atoms with Gasteiger partial charge in [-0.1, -0.05) is 30.7 Å². The molecule has 0 radical (unpaired) electrons. The van der Waals surface area contributed by atoms with Crippen molar-refractivity contribution in [3.63, 3.8) is 0 Å². The second-order valence-corrected chi connectivity index (χ2v) is 4.65. The van der Waals surface area contributed by atoms with Gasteiger partial charge < -0.3 is 5.32 Å². The van der Waals surface area contributed by atoms with Crippen LogP contribution in [-0.4, -0.2) is 13.1 Å². The molecule has 0 aliphatic heterocycles. The first-order chi connectivity index (χ1) is 7.26. The fraction of sp³-hybridized carbons (Fsp3) is 0.571. The van der Waals surface area contributed by atoms with Gasteiger partial charge in [0.1, 0.15) is 0 Å². The summed E-state index contributed by atoms with van der Waals surface area (Å²) >= 11 is 0. The van der Waals surface area contributed by atoms with Crippen molar-refractivity contribution in [2.24, 2.45) is 0 Å². The lowest BCUT2D eigenvalue weighted by Gasteiger charge is -2.22. The molecule has 1 nitrogen and oxygen atoms in total. The zero-order valence-corrected chi connectivity index (χ0v) is 10.0. The maximum atomic E-state index is 3.45. The van der Waals surface area contributed by atoms with E-state index in [1.54, 1.807) is 11.1 Å². The summed E-state index contributed by atoms with van der Waals surface area (Å²) in [6.07, 6.45) is 3.80. The lowest BCUT2D eigenvalue weighted by atomic mass is 9.91. The van der Waals surface area contributed by atoms with Crippen LogP contribution < -0.4 is 5.32 Å². The number of rotatable bonds is 3. The van der Waals surface area contributed by atoms with Crippen LogP contribution in [0.25, 0.3) is 0 Å². The van der Waals surface area contributed by atoms with E-state index < -0.39 is 0 Å². The van der Waals surface area contributed by atoms with Crippen LogP contribution in [0.5, 0.6) is 0 Å². The normalized spacial score (nSPS) is 21.4. The van der Waals surface area contributed by atoms with E-state index in [0.717, 1.165) is 5.92 Å². The maximum absolute atomic E-state index is 3.45. The Bertz CT molecular complexity index is 339. The van der Waals surface area contributed by atoms with E-state index in [9.17, 15) is 0 Å². The van der Waals surface area contributed by atoms with Gasteiger partial charge in [-0.2, -0.15) is 0 Å². The minimum atomic E-state index is 0.646. The molecule has 1 aromatic carbocycles. The van der Waals surface area contributed by atoms with E-state index in [1.165, 1.54) is 24.8 Å². The highest BCUT2D eigenvalue weighted by atomic mass is 14.9. The van der Waals surface area contributed by atoms with Gasteiger partial charge in [0, 0.05) is 6.04 Å². The van der Waals surface area contributed by atoms with E-state index in [0.29, 0.717) is 6.04 Å². The summed E-state index contributed by atoms with van der Waals surface area (Å²) in [5.41, 5.74) is 4.56. The van der Waals surface area contributed by atoms with Gasteiger partial charge in [0.2, 0.25) is 0 Å². The Hall–Kier alpha value is -0.820. The van der Waals surface area contributed by atoms with Crippen LogP contribution in [0, 0.1) is 6.92 Å². The molecule has 15 heavy (non-hydrogen) atoms. The summed E-state index contributed by atoms with van der Waals surface area (Å²) in [6, 6.07) is 7.58. The molecule has 1 N–H and O–H groups in total. The zero-order valence-electron chi connectivity index (χ0n) is 10.0. The molecule has 1 aliphatic rings. The predicted molar refractivity (Wildman–Crippen MR) is 65.4 cm³/mol. The third-order valence-corrected chi connectivity index (χ3v) is 3.72. The first kappa shape index (κ1) is 10.7. The van der Waals surface area contributed by atoms with Crippen molar-refractivity contribution < 1.29 is 0 Å². The summed E-state index contributed by atoms with van der Waals surface area (Å²) in [4.78, 5) is 0. The molecule has 2 unspecified atom stereocenters. The highest BCUT2D eigenvalue weighted by Crippen LogP contribution is 2.36. The Balaban J connectivity index is 2.30. The van der Waals surface area contributed by atoms with Gasteiger partial charge in [0.05, 0.1) is 0 Å². The minimum Gasteiger partial charge on any atom is -0.316 e. The molecule has 0 spiro atoms. The van der Waals surface area contributed by atoms with E-state index >= 15 is 0 Å². The van der Waals surface area contributed by atoms with Crippen LogP contribution in [0.3, 0.4) is 0 Å². The van der Waals surface area contributed by atoms with Crippen LogP contribution in [0.15, 0.2) is 18.2 Å². The highest BCUT2D eigenvalue weighted by molar-refractivity contribution is 5.39. The molecule has 1 aliphatic carbocycles. The van der Waals surface area contributed by atoms with E-state index in [4.69, 9.17) is 0 Å². The molecule has 1 heteroatoms. The molecule has 0 bridgehead atoms. The number of likely N-dealkylation sites (N-methyl/N-ethyl adjacent to an activating group) is 1. The monoisotopic (exact) mass is 203 g/mol. The van der Waals surface area contributed by atoms with Crippen LogP contribution in [0.4, 0.5) is 0 Å². The van der Waals surface area contributed by atoms with E-state index in [1.807, 2.05) is 0 Å². The van der Waals surface area contributed by atoms with Gasteiger partial charge in [-0.15, -0.1) is 0 Å². The van der Waals surface area contributed by atoms with Crippen molar-refractivity contribution in [1.29, 1.82) is 0 Å². The van der Waals surface area contributed by atoms with Gasteiger partial charge in [-0.3, -0.25) is 0 Å². The number of nitrogens with one attached hydrogen (secondary N) is 1. The van der Waals surface area contributed by atoms with E-state index in [2.05, 4.69) is 44.4 Å². The van der Waals surface area contributed by atoms with E-state index in [-0.39, 0.29) is 0 Å². The standard InChI is InChI=1S/C14H21N/c1-4-14(15-3)12-8-7-11-6-5-10(2)9-13(11)12/h5-6,9,12,14-15H,4,7-8H2,1-3H3. The van der Waals surface area contributed by atoms with Crippen molar-refractivity contribution >= 4 is 0 Å². The first-order valence-electron chi connectivity index (χ1n) is 6.03. The number of hydrogen-bond donors (Lipinski definition) is 1. The molecule has 0 saturated heterocycles. The SMILES string of the molecule is CCC(NC)C1CCc2ccc(C)cc21. The van der Waals surface area contributed by atoms with Crippen LogP contribution in [-0.2, 0) is 6.42 Å². The average molecular weight is 203 g/mol. The fourth-order valence-electron chi connectivity index (χ4n) is 2.86. The second-order valence-electron chi connectivity index (χ2n) is 4.65. The van der Waals surface area contributed by atoms with Crippen LogP contribution in [0.2, 0.25) is 0 Å². The molecule has 0 fully saturated rings. The van der Waals surface area contributed by atoms with Crippen LogP contribution in [0.1, 0.15) is 42.4 Å². The lowest BCUT2D eigenvalue weighted by Crippen LogP contribution is -2.30. The minimum absolute atomic E-state index is 0.646. The zero-order chi connectivity index (χ0) is 10.8. The second kappa shape index (κ2) is 4.36. The molecule has 0 heterocycles. The lowest BCUT2D eigenvalue weighted by molar-refractivity contribution is 0.447. The third kappa shape index (κ3) is 1.93. The molecule has 0 amide bonds. The Labute approximate surface area is 92.9 Å². The van der Waals surface area contributed by atoms with Gasteiger partial charge in [-0.25, -0.2) is 0 Å². The van der Waals surface area contributed by atoms with Crippen molar-refractivity contribution in [2.75, 3.05) is 7.05 Å². The smallest absolute Gasteiger partial charge is 0.0130 e. The van der Waals surface area contributed by atoms with Gasteiger partial charge in [0.25, 0.3) is 0 Å². The van der Waals surface area contributed by atoms with Crippen molar-refractivity contribution in [3.05, 3.63) is 34.9 Å². The van der Waals surface area contributed by atoms with Crippen LogP contribution >= 0.6 is 0 Å². The largest absolute Gasteiger partial charge is 0.316 e. The number of aryl methyl sites for hydroxylation is 2. The Morgan fingerprint density at radius 2 is 2.27 bits per heavy atom. The topological polar surface area (TPSA) is 12.0 Å². The molecule has 82 valence electrons. The van der Waals surface area contributed by atoms with Crippen molar-refractivity contribution in [1.82, 2.24) is 5.32 Å². The molecule has 0 aromatic heterocycles. The fourth-order valence-corrected chi connectivity index (χ4v) is 2.86. The highest BCUT2D eigenvalue weighted by Gasteiger charge is 2.27. The average Bonchev–Trinajstić information content (AvgIpc) is 2.64. The Kier molecular flexibility index (Phi) is 3.11. The number of hydrogen-bond acceptors (Lipinski definition) is 1.